The van der Waals surface area contributed by atoms with E-state index in [-0.39, 0.29) is 40.8 Å². The van der Waals surface area contributed by atoms with E-state index in [1.54, 1.807) is 11.8 Å². The second-order valence-electron chi connectivity index (χ2n) is 11.1. The second-order valence-corrected chi connectivity index (χ2v) is 12.5. The third-order valence-electron chi connectivity index (χ3n) is 7.98. The monoisotopic (exact) mass is 510 g/mol. The molecule has 35 heavy (non-hydrogen) atoms. The number of nitrogens with zero attached hydrogens (tertiary/aromatic N) is 3. The first-order chi connectivity index (χ1) is 16.2. The summed E-state index contributed by atoms with van der Waals surface area (Å²) in [6.07, 6.45) is 0.148. The molecule has 3 unspecified atom stereocenters. The highest BCUT2D eigenvalue weighted by Gasteiger charge is 2.60. The van der Waals surface area contributed by atoms with Gasteiger partial charge in [-0.25, -0.2) is 4.79 Å². The van der Waals surface area contributed by atoms with Crippen molar-refractivity contribution in [3.8, 4) is 0 Å². The number of aliphatic carboxylic acids is 1. The number of fused-ring (bicyclic) bond motifs is 1. The van der Waals surface area contributed by atoms with Gasteiger partial charge < -0.3 is 35.5 Å². The maximum Gasteiger partial charge on any atom is 0.353 e. The molecule has 12 heteroatoms. The number of carbonyl (C=O) groups is 4. The highest BCUT2D eigenvalue weighted by atomic mass is 32.2. The zero-order chi connectivity index (χ0) is 26.0. The van der Waals surface area contributed by atoms with Gasteiger partial charge in [0.25, 0.3) is 0 Å². The van der Waals surface area contributed by atoms with Gasteiger partial charge >= 0.3 is 5.97 Å². The first kappa shape index (κ1) is 25.9. The number of hydrogen-bond acceptors (Lipinski definition) is 7. The molecule has 194 valence electrons. The topological polar surface area (TPSA) is 153 Å². The molecule has 4 aliphatic heterocycles. The fourth-order valence-corrected chi connectivity index (χ4v) is 7.41. The molecule has 0 aromatic carbocycles. The zero-order valence-electron chi connectivity index (χ0n) is 20.8. The fourth-order valence-electron chi connectivity index (χ4n) is 5.93. The summed E-state index contributed by atoms with van der Waals surface area (Å²) in [5.74, 6) is -3.01. The van der Waals surface area contributed by atoms with Crippen molar-refractivity contribution in [2.75, 3.05) is 34.2 Å². The molecule has 8 atom stereocenters. The number of carbonyl (C=O) groups excluding carboxylic acids is 3. The van der Waals surface area contributed by atoms with Crippen LogP contribution in [0.5, 0.6) is 0 Å². The number of rotatable bonds is 7. The van der Waals surface area contributed by atoms with Gasteiger partial charge in [0.1, 0.15) is 17.8 Å². The van der Waals surface area contributed by atoms with Gasteiger partial charge in [0.05, 0.1) is 51.8 Å². The van der Waals surface area contributed by atoms with Gasteiger partial charge in [0.2, 0.25) is 17.7 Å². The predicted octanol–water partition coefficient (Wildman–Crippen LogP) is -1.24. The van der Waals surface area contributed by atoms with E-state index >= 15 is 0 Å². The third kappa shape index (κ3) is 4.34. The van der Waals surface area contributed by atoms with E-state index in [1.165, 1.54) is 16.7 Å². The second kappa shape index (κ2) is 9.06. The van der Waals surface area contributed by atoms with Crippen LogP contribution in [0.25, 0.3) is 0 Å². The van der Waals surface area contributed by atoms with Crippen molar-refractivity contribution in [2.45, 2.75) is 62.2 Å². The standard InChI is InChI=1S/C23H35N5O6S/c1-10-17-16(11(2)29)22(32)27(17)18(23(33)34)19(10)35-13-7-14(25-8-13)21(31)26-9-12(28(3,4)5)6-15(26)20(24)30/h10-17,25,29H,6-9H2,1-5H3,(H2-,24,30,33,34)/p+1/t10-,11?,12?,13+,14+,15?,16-,17-/m1/s1. The summed E-state index contributed by atoms with van der Waals surface area (Å²) in [5.41, 5.74) is 5.61. The summed E-state index contributed by atoms with van der Waals surface area (Å²) in [6.45, 7) is 4.39. The van der Waals surface area contributed by atoms with Crippen LogP contribution in [0.4, 0.5) is 0 Å². The molecule has 0 aliphatic carbocycles. The number of primary amides is 1. The van der Waals surface area contributed by atoms with E-state index in [0.29, 0.717) is 35.3 Å². The smallest absolute Gasteiger partial charge is 0.353 e. The lowest BCUT2D eigenvalue weighted by atomic mass is 9.79. The Bertz CT molecular complexity index is 978. The van der Waals surface area contributed by atoms with Gasteiger partial charge in [0.15, 0.2) is 0 Å². The van der Waals surface area contributed by atoms with E-state index in [1.807, 2.05) is 28.1 Å². The molecule has 0 spiro atoms. The molecule has 4 aliphatic rings. The minimum absolute atomic E-state index is 0.0108. The summed E-state index contributed by atoms with van der Waals surface area (Å²) in [6, 6.07) is -1.39. The van der Waals surface area contributed by atoms with Crippen molar-refractivity contribution in [1.29, 1.82) is 0 Å². The quantitative estimate of drug-likeness (QED) is 0.245. The maximum atomic E-state index is 13.4. The van der Waals surface area contributed by atoms with Crippen LogP contribution in [0, 0.1) is 11.8 Å². The molecule has 0 radical (unpaired) electrons. The van der Waals surface area contributed by atoms with Crippen LogP contribution >= 0.6 is 11.8 Å². The summed E-state index contributed by atoms with van der Waals surface area (Å²) in [7, 11) is 6.09. The Balaban J connectivity index is 1.46. The lowest BCUT2D eigenvalue weighted by Gasteiger charge is -2.46. The van der Waals surface area contributed by atoms with Crippen LogP contribution in [0.15, 0.2) is 10.6 Å². The number of nitrogens with two attached hydrogens (primary N) is 1. The summed E-state index contributed by atoms with van der Waals surface area (Å²) >= 11 is 1.39. The van der Waals surface area contributed by atoms with Crippen LogP contribution in [-0.2, 0) is 19.2 Å². The lowest BCUT2D eigenvalue weighted by Crippen LogP contribution is -2.63. The number of hydrogen-bond donors (Lipinski definition) is 4. The van der Waals surface area contributed by atoms with Gasteiger partial charge in [-0.05, 0) is 13.3 Å². The summed E-state index contributed by atoms with van der Waals surface area (Å²) < 4.78 is 0.623. The Labute approximate surface area is 209 Å². The number of nitrogens with one attached hydrogen (secondary N) is 1. The number of likely N-dealkylation sites (N-methyl/N-ethyl adjacent to an activating group) is 1. The number of carboxylic acids is 1. The van der Waals surface area contributed by atoms with Crippen molar-refractivity contribution in [2.24, 2.45) is 17.6 Å². The van der Waals surface area contributed by atoms with Crippen molar-refractivity contribution in [3.05, 3.63) is 10.6 Å². The minimum Gasteiger partial charge on any atom is -0.477 e. The highest BCUT2D eigenvalue weighted by molar-refractivity contribution is 8.03. The number of likely N-dealkylation sites (tertiary alicyclic amines) is 1. The number of aliphatic hydroxyl groups excluding tert-OH is 1. The van der Waals surface area contributed by atoms with Crippen molar-refractivity contribution >= 4 is 35.5 Å². The van der Waals surface area contributed by atoms with E-state index in [2.05, 4.69) is 5.32 Å². The Morgan fingerprint density at radius 1 is 1.23 bits per heavy atom. The molecule has 3 saturated heterocycles. The molecule has 4 heterocycles. The van der Waals surface area contributed by atoms with E-state index < -0.39 is 36.0 Å². The number of carboxylic acid groups (broad SMARTS) is 1. The Morgan fingerprint density at radius 2 is 1.89 bits per heavy atom. The number of quaternary nitrogens is 1. The van der Waals surface area contributed by atoms with Crippen molar-refractivity contribution in [1.82, 2.24) is 15.1 Å². The average Bonchev–Trinajstić information content (AvgIpc) is 3.44. The first-order valence-corrected chi connectivity index (χ1v) is 12.9. The minimum atomic E-state index is -1.16. The molecule has 0 aromatic rings. The predicted molar refractivity (Wildman–Crippen MR) is 129 cm³/mol. The average molecular weight is 511 g/mol. The molecule has 0 aromatic heterocycles. The SMILES string of the molecule is CC(O)[C@H]1C(=O)N2C(C(=O)O)=C(S[C@@H]3CN[C@H](C(=O)N4CC([N+](C)(C)C)CC4C(N)=O)C3)[C@H](C)[C@H]12. The normalized spacial score (nSPS) is 35.8. The number of β-lactam (4-membered cyclic amide) rings is 1. The molecule has 0 bridgehead atoms. The molecule has 3 amide bonds. The van der Waals surface area contributed by atoms with Gasteiger partial charge in [-0.1, -0.05) is 6.92 Å². The molecule has 4 rings (SSSR count). The Morgan fingerprint density at radius 3 is 2.43 bits per heavy atom. The van der Waals surface area contributed by atoms with Gasteiger partial charge in [0, 0.05) is 29.0 Å². The third-order valence-corrected chi connectivity index (χ3v) is 9.49. The van der Waals surface area contributed by atoms with E-state index in [4.69, 9.17) is 5.73 Å². The van der Waals surface area contributed by atoms with Gasteiger partial charge in [-0.3, -0.25) is 14.4 Å². The largest absolute Gasteiger partial charge is 0.477 e. The Kier molecular flexibility index (Phi) is 6.71. The summed E-state index contributed by atoms with van der Waals surface area (Å²) in [4.78, 5) is 53.6. The number of amides is 3. The summed E-state index contributed by atoms with van der Waals surface area (Å²) in [5, 5.41) is 23.0. The Hall–Kier alpha value is -2.15. The fraction of sp³-hybridized carbons (Fsp3) is 0.739. The van der Waals surface area contributed by atoms with Gasteiger partial charge in [-0.2, -0.15) is 0 Å². The van der Waals surface area contributed by atoms with Crippen LogP contribution in [0.3, 0.4) is 0 Å². The zero-order valence-corrected chi connectivity index (χ0v) is 21.6. The number of thioether (sulfide) groups is 1. The van der Waals surface area contributed by atoms with Crippen LogP contribution in [0.2, 0.25) is 0 Å². The lowest BCUT2D eigenvalue weighted by molar-refractivity contribution is -0.893. The van der Waals surface area contributed by atoms with Crippen LogP contribution in [0.1, 0.15) is 26.7 Å². The number of aliphatic hydroxyl groups is 1. The molecule has 11 nitrogen and oxygen atoms in total. The molecule has 0 saturated carbocycles. The maximum absolute atomic E-state index is 13.4. The molecular weight excluding hydrogens is 474 g/mol. The highest BCUT2D eigenvalue weighted by Crippen LogP contribution is 2.51. The first-order valence-electron chi connectivity index (χ1n) is 12.0. The van der Waals surface area contributed by atoms with Crippen LogP contribution < -0.4 is 11.1 Å². The molecular formula is C23H36N5O6S+. The van der Waals surface area contributed by atoms with Crippen LogP contribution in [-0.4, -0.2) is 118 Å². The van der Waals surface area contributed by atoms with Crippen molar-refractivity contribution in [3.63, 3.8) is 0 Å². The van der Waals surface area contributed by atoms with Crippen molar-refractivity contribution < 1.29 is 33.9 Å². The van der Waals surface area contributed by atoms with E-state index in [9.17, 15) is 29.4 Å². The molecule has 5 N–H and O–H groups in total. The van der Waals surface area contributed by atoms with E-state index in [0.717, 1.165) is 0 Å². The molecule has 3 fully saturated rings. The van der Waals surface area contributed by atoms with Gasteiger partial charge in [-0.15, -0.1) is 11.8 Å².